The highest BCUT2D eigenvalue weighted by molar-refractivity contribution is 7.18. The summed E-state index contributed by atoms with van der Waals surface area (Å²) in [5, 5.41) is 0.853. The van der Waals surface area contributed by atoms with Crippen LogP contribution in [0.3, 0.4) is 0 Å². The van der Waals surface area contributed by atoms with E-state index in [1.807, 2.05) is 30.3 Å². The number of fused-ring (bicyclic) bond motifs is 2. The molecule has 0 spiro atoms. The Morgan fingerprint density at radius 1 is 1.06 bits per heavy atom. The molecule has 1 aromatic heterocycles. The van der Waals surface area contributed by atoms with Gasteiger partial charge in [-0.15, -0.1) is 11.3 Å². The lowest BCUT2D eigenvalue weighted by molar-refractivity contribution is -0.119. The number of methoxy groups -OCH3 is 3. The molecule has 0 N–H and O–H groups in total. The van der Waals surface area contributed by atoms with Gasteiger partial charge in [-0.3, -0.25) is 14.5 Å². The summed E-state index contributed by atoms with van der Waals surface area (Å²) in [6.45, 7) is 2.24. The number of rotatable bonds is 9. The van der Waals surface area contributed by atoms with Crippen LogP contribution >= 0.6 is 11.3 Å². The number of nitrogens with zero attached hydrogens (tertiary/aromatic N) is 2. The lowest BCUT2D eigenvalue weighted by Gasteiger charge is -2.32. The van der Waals surface area contributed by atoms with Crippen molar-refractivity contribution in [1.82, 2.24) is 9.88 Å². The number of Topliss-reactive ketones (excluding diaryl/α,β-unsaturated/α-hetero) is 2. The number of carbonyl (C=O) groups excluding carboxylic acids is 2. The fraction of sp³-hybridized carbons (Fsp3) is 0.464. The van der Waals surface area contributed by atoms with E-state index in [1.54, 1.807) is 32.7 Å². The number of aromatic nitrogens is 1. The molecule has 1 unspecified atom stereocenters. The highest BCUT2D eigenvalue weighted by Crippen LogP contribution is 2.39. The Morgan fingerprint density at radius 2 is 1.81 bits per heavy atom. The van der Waals surface area contributed by atoms with Gasteiger partial charge < -0.3 is 14.2 Å². The number of hydrogen-bond acceptors (Lipinski definition) is 8. The molecule has 1 aliphatic heterocycles. The topological polar surface area (TPSA) is 78.0 Å². The zero-order valence-electron chi connectivity index (χ0n) is 21.0. The molecule has 1 atom stereocenters. The average Bonchev–Trinajstić information content (AvgIpc) is 3.42. The third-order valence-corrected chi connectivity index (χ3v) is 8.44. The van der Waals surface area contributed by atoms with Crippen molar-refractivity contribution in [3.8, 4) is 17.2 Å². The van der Waals surface area contributed by atoms with Crippen molar-refractivity contribution < 1.29 is 23.8 Å². The fourth-order valence-corrected chi connectivity index (χ4v) is 6.52. The van der Waals surface area contributed by atoms with Crippen molar-refractivity contribution in [2.24, 2.45) is 11.8 Å². The molecule has 3 aromatic rings. The van der Waals surface area contributed by atoms with E-state index < -0.39 is 0 Å². The number of ether oxygens (including phenoxy) is 3. The van der Waals surface area contributed by atoms with Gasteiger partial charge in [-0.1, -0.05) is 0 Å². The molecule has 2 aliphatic rings. The third-order valence-electron chi connectivity index (χ3n) is 7.43. The molecule has 2 heterocycles. The molecule has 1 saturated heterocycles. The summed E-state index contributed by atoms with van der Waals surface area (Å²) in [6, 6.07) is 9.56. The number of ketones is 2. The first kappa shape index (κ1) is 24.7. The Hall–Kier alpha value is -2.97. The lowest BCUT2D eigenvalue weighted by Crippen LogP contribution is -2.38. The molecule has 1 aliphatic carbocycles. The molecule has 2 aromatic carbocycles. The summed E-state index contributed by atoms with van der Waals surface area (Å²) in [5.74, 6) is 3.02. The van der Waals surface area contributed by atoms with E-state index in [4.69, 9.17) is 14.2 Å². The van der Waals surface area contributed by atoms with Crippen molar-refractivity contribution in [3.63, 3.8) is 0 Å². The Morgan fingerprint density at radius 3 is 2.53 bits per heavy atom. The smallest absolute Gasteiger partial charge is 0.166 e. The van der Waals surface area contributed by atoms with Gasteiger partial charge in [0.2, 0.25) is 0 Å². The van der Waals surface area contributed by atoms with Gasteiger partial charge in [0, 0.05) is 11.5 Å². The first-order valence-corrected chi connectivity index (χ1v) is 13.3. The number of carbonyl (C=O) groups is 2. The maximum absolute atomic E-state index is 13.1. The predicted octanol–water partition coefficient (Wildman–Crippen LogP) is 4.59. The van der Waals surface area contributed by atoms with Gasteiger partial charge >= 0.3 is 0 Å². The Balaban J connectivity index is 1.11. The van der Waals surface area contributed by atoms with E-state index in [2.05, 4.69) is 9.88 Å². The van der Waals surface area contributed by atoms with Crippen LogP contribution in [-0.4, -0.2) is 62.4 Å². The molecule has 0 amide bonds. The van der Waals surface area contributed by atoms with Gasteiger partial charge in [0.05, 0.1) is 44.5 Å². The minimum Gasteiger partial charge on any atom is -0.497 e. The second kappa shape index (κ2) is 10.6. The van der Waals surface area contributed by atoms with Crippen LogP contribution in [0.1, 0.15) is 40.2 Å². The van der Waals surface area contributed by atoms with Crippen molar-refractivity contribution in [2.45, 2.75) is 32.1 Å². The molecule has 0 radical (unpaired) electrons. The molecular weight excluding hydrogens is 476 g/mol. The van der Waals surface area contributed by atoms with Crippen LogP contribution in [0.4, 0.5) is 0 Å². The van der Waals surface area contributed by atoms with Gasteiger partial charge in [0.15, 0.2) is 23.1 Å². The number of thiazole rings is 1. The zero-order valence-corrected chi connectivity index (χ0v) is 21.9. The van der Waals surface area contributed by atoms with Crippen LogP contribution in [0, 0.1) is 11.8 Å². The third kappa shape index (κ3) is 5.11. The molecule has 5 rings (SSSR count). The zero-order chi connectivity index (χ0) is 25.2. The van der Waals surface area contributed by atoms with E-state index in [0.29, 0.717) is 30.4 Å². The number of piperidine rings is 1. The van der Waals surface area contributed by atoms with E-state index in [-0.39, 0.29) is 17.5 Å². The van der Waals surface area contributed by atoms with Gasteiger partial charge in [0.25, 0.3) is 0 Å². The summed E-state index contributed by atoms with van der Waals surface area (Å²) >= 11 is 1.56. The molecule has 190 valence electrons. The van der Waals surface area contributed by atoms with E-state index >= 15 is 0 Å². The normalized spacial score (nSPS) is 18.4. The monoisotopic (exact) mass is 508 g/mol. The summed E-state index contributed by atoms with van der Waals surface area (Å²) in [6.07, 6.45) is 4.06. The van der Waals surface area contributed by atoms with Crippen LogP contribution < -0.4 is 14.2 Å². The van der Waals surface area contributed by atoms with Crippen LogP contribution in [0.25, 0.3) is 10.2 Å². The Bertz CT molecular complexity index is 1280. The predicted molar refractivity (Wildman–Crippen MR) is 140 cm³/mol. The van der Waals surface area contributed by atoms with E-state index in [1.165, 1.54) is 0 Å². The van der Waals surface area contributed by atoms with Gasteiger partial charge in [-0.2, -0.15) is 0 Å². The van der Waals surface area contributed by atoms with Crippen molar-refractivity contribution in [2.75, 3.05) is 41.0 Å². The number of benzene rings is 2. The van der Waals surface area contributed by atoms with Gasteiger partial charge in [-0.25, -0.2) is 4.98 Å². The second-order valence-corrected chi connectivity index (χ2v) is 10.9. The number of likely N-dealkylation sites (tertiary alicyclic amines) is 1. The molecule has 7 nitrogen and oxygen atoms in total. The van der Waals surface area contributed by atoms with Crippen molar-refractivity contribution >= 4 is 33.1 Å². The summed E-state index contributed by atoms with van der Waals surface area (Å²) in [4.78, 5) is 32.7. The van der Waals surface area contributed by atoms with Crippen LogP contribution in [0.5, 0.6) is 17.2 Å². The Kier molecular flexibility index (Phi) is 7.25. The summed E-state index contributed by atoms with van der Waals surface area (Å²) in [5.41, 5.74) is 2.73. The average molecular weight is 509 g/mol. The summed E-state index contributed by atoms with van der Waals surface area (Å²) in [7, 11) is 4.86. The van der Waals surface area contributed by atoms with Crippen LogP contribution in [0.15, 0.2) is 30.3 Å². The SMILES string of the molecule is COc1ccc2nc(CC(=O)CN3CCC(CC4Cc5cc(OC)c(OC)cc5C4=O)CC3)sc2c1. The molecule has 8 heteroatoms. The maximum Gasteiger partial charge on any atom is 0.166 e. The maximum atomic E-state index is 13.1. The minimum absolute atomic E-state index is 0.0210. The van der Waals surface area contributed by atoms with Crippen molar-refractivity contribution in [1.29, 1.82) is 0 Å². The summed E-state index contributed by atoms with van der Waals surface area (Å²) < 4.78 is 17.1. The molecule has 1 fully saturated rings. The lowest BCUT2D eigenvalue weighted by atomic mass is 9.85. The Labute approximate surface area is 215 Å². The quantitative estimate of drug-likeness (QED) is 0.418. The molecule has 0 bridgehead atoms. The molecule has 36 heavy (non-hydrogen) atoms. The minimum atomic E-state index is 0.0210. The van der Waals surface area contributed by atoms with Gasteiger partial charge in [0.1, 0.15) is 10.8 Å². The first-order valence-electron chi connectivity index (χ1n) is 12.4. The second-order valence-electron chi connectivity index (χ2n) is 9.74. The van der Waals surface area contributed by atoms with E-state index in [9.17, 15) is 9.59 Å². The highest BCUT2D eigenvalue weighted by atomic mass is 32.1. The first-order chi connectivity index (χ1) is 17.5. The fourth-order valence-electron chi connectivity index (χ4n) is 5.50. The van der Waals surface area contributed by atoms with Crippen LogP contribution in [0.2, 0.25) is 0 Å². The standard InChI is InChI=1S/C28H32N2O5S/c1-33-21-4-5-23-26(14-21)36-27(29-23)13-20(31)16-30-8-6-17(7-9-30)10-19-11-18-12-24(34-2)25(35-3)15-22(18)28(19)32/h4-5,12,14-15,17,19H,6-11,13,16H2,1-3H3. The highest BCUT2D eigenvalue weighted by Gasteiger charge is 2.34. The van der Waals surface area contributed by atoms with Crippen LogP contribution in [-0.2, 0) is 17.6 Å². The molecular formula is C28H32N2O5S. The number of hydrogen-bond donors (Lipinski definition) is 0. The van der Waals surface area contributed by atoms with Crippen molar-refractivity contribution in [3.05, 3.63) is 46.5 Å². The van der Waals surface area contributed by atoms with Gasteiger partial charge in [-0.05, 0) is 80.6 Å². The van der Waals surface area contributed by atoms with E-state index in [0.717, 1.165) is 70.9 Å². The molecule has 0 saturated carbocycles. The largest absolute Gasteiger partial charge is 0.497 e.